The van der Waals surface area contributed by atoms with Gasteiger partial charge in [-0.05, 0) is 13.3 Å². The smallest absolute Gasteiger partial charge is 0.0832 e. The lowest BCUT2D eigenvalue weighted by molar-refractivity contribution is -0.00808. The molecule has 3 nitrogen and oxygen atoms in total. The molecule has 0 radical (unpaired) electrons. The Labute approximate surface area is 74.0 Å². The summed E-state index contributed by atoms with van der Waals surface area (Å²) >= 11 is 0. The van der Waals surface area contributed by atoms with Gasteiger partial charge in [0.25, 0.3) is 0 Å². The van der Waals surface area contributed by atoms with E-state index in [0.717, 1.165) is 26.1 Å². The molecule has 0 aromatic heterocycles. The highest BCUT2D eigenvalue weighted by molar-refractivity contribution is 4.85. The van der Waals surface area contributed by atoms with Gasteiger partial charge in [-0.2, -0.15) is 0 Å². The Morgan fingerprint density at radius 3 is 2.75 bits per heavy atom. The highest BCUT2D eigenvalue weighted by Crippen LogP contribution is 2.29. The van der Waals surface area contributed by atoms with E-state index in [1.807, 2.05) is 0 Å². The first kappa shape index (κ1) is 9.96. The van der Waals surface area contributed by atoms with E-state index in [0.29, 0.717) is 0 Å². The zero-order chi connectivity index (χ0) is 9.03. The van der Waals surface area contributed by atoms with Gasteiger partial charge in [0.1, 0.15) is 0 Å². The van der Waals surface area contributed by atoms with E-state index < -0.39 is 0 Å². The van der Waals surface area contributed by atoms with Gasteiger partial charge in [0.15, 0.2) is 0 Å². The molecule has 0 unspecified atom stereocenters. The van der Waals surface area contributed by atoms with Crippen molar-refractivity contribution >= 4 is 0 Å². The van der Waals surface area contributed by atoms with Gasteiger partial charge in [-0.25, -0.2) is 0 Å². The summed E-state index contributed by atoms with van der Waals surface area (Å²) in [6.07, 6.45) is 2.20. The molecular weight excluding hydrogens is 156 g/mol. The Bertz CT molecular complexity index is 138. The first-order valence-corrected chi connectivity index (χ1v) is 4.36. The van der Waals surface area contributed by atoms with E-state index in [1.165, 1.54) is 0 Å². The van der Waals surface area contributed by atoms with Crippen molar-refractivity contribution in [2.75, 3.05) is 27.4 Å². The van der Waals surface area contributed by atoms with Gasteiger partial charge in [0.2, 0.25) is 0 Å². The molecule has 1 fully saturated rings. The number of hydrogen-bond acceptors (Lipinski definition) is 3. The fraction of sp³-hybridized carbons (Fsp3) is 1.00. The second-order valence-electron chi connectivity index (χ2n) is 3.57. The SMILES string of the molecule is COCC[C@]1(C)C[C@@H](OC)CO1. The predicted octanol–water partition coefficient (Wildman–Crippen LogP) is 1.22. The first-order valence-electron chi connectivity index (χ1n) is 4.36. The number of rotatable bonds is 4. The standard InChI is InChI=1S/C9H18O3/c1-9(4-5-10-2)6-8(11-3)7-12-9/h8H,4-7H2,1-3H3/t8-,9-/m1/s1. The molecular formula is C9H18O3. The van der Waals surface area contributed by atoms with Crippen molar-refractivity contribution in [1.29, 1.82) is 0 Å². The molecule has 0 N–H and O–H groups in total. The second-order valence-corrected chi connectivity index (χ2v) is 3.57. The summed E-state index contributed by atoms with van der Waals surface area (Å²) in [4.78, 5) is 0. The van der Waals surface area contributed by atoms with E-state index in [1.54, 1.807) is 14.2 Å². The normalized spacial score (nSPS) is 35.8. The molecule has 3 heteroatoms. The van der Waals surface area contributed by atoms with Crippen molar-refractivity contribution in [2.45, 2.75) is 31.5 Å². The van der Waals surface area contributed by atoms with Crippen molar-refractivity contribution in [1.82, 2.24) is 0 Å². The molecule has 1 rings (SSSR count). The van der Waals surface area contributed by atoms with Crippen LogP contribution in [0.15, 0.2) is 0 Å². The maximum Gasteiger partial charge on any atom is 0.0832 e. The zero-order valence-electron chi connectivity index (χ0n) is 8.13. The molecule has 0 aromatic carbocycles. The van der Waals surface area contributed by atoms with Crippen LogP contribution in [-0.4, -0.2) is 39.1 Å². The predicted molar refractivity (Wildman–Crippen MR) is 46.3 cm³/mol. The zero-order valence-corrected chi connectivity index (χ0v) is 8.13. The average Bonchev–Trinajstić information content (AvgIpc) is 2.45. The van der Waals surface area contributed by atoms with Crippen molar-refractivity contribution in [2.24, 2.45) is 0 Å². The molecule has 0 aliphatic carbocycles. The summed E-state index contributed by atoms with van der Waals surface area (Å²) in [7, 11) is 3.45. The van der Waals surface area contributed by atoms with E-state index in [9.17, 15) is 0 Å². The molecule has 0 spiro atoms. The minimum atomic E-state index is -0.0311. The minimum Gasteiger partial charge on any atom is -0.385 e. The molecule has 1 aliphatic heterocycles. The van der Waals surface area contributed by atoms with Crippen molar-refractivity contribution in [3.63, 3.8) is 0 Å². The van der Waals surface area contributed by atoms with E-state index in [-0.39, 0.29) is 11.7 Å². The molecule has 0 aromatic rings. The van der Waals surface area contributed by atoms with Crippen LogP contribution in [0.4, 0.5) is 0 Å². The Morgan fingerprint density at radius 2 is 2.25 bits per heavy atom. The van der Waals surface area contributed by atoms with Crippen LogP contribution in [0, 0.1) is 0 Å². The molecule has 12 heavy (non-hydrogen) atoms. The molecule has 0 bridgehead atoms. The molecule has 72 valence electrons. The third-order valence-corrected chi connectivity index (χ3v) is 2.45. The van der Waals surface area contributed by atoms with Gasteiger partial charge >= 0.3 is 0 Å². The topological polar surface area (TPSA) is 27.7 Å². The summed E-state index contributed by atoms with van der Waals surface area (Å²) in [5.41, 5.74) is -0.0311. The van der Waals surface area contributed by atoms with Crippen LogP contribution in [0.1, 0.15) is 19.8 Å². The summed E-state index contributed by atoms with van der Waals surface area (Å²) in [6, 6.07) is 0. The van der Waals surface area contributed by atoms with Crippen molar-refractivity contribution < 1.29 is 14.2 Å². The second kappa shape index (κ2) is 4.21. The van der Waals surface area contributed by atoms with Gasteiger partial charge in [-0.1, -0.05) is 0 Å². The molecule has 1 heterocycles. The quantitative estimate of drug-likeness (QED) is 0.641. The highest BCUT2D eigenvalue weighted by Gasteiger charge is 2.35. The van der Waals surface area contributed by atoms with Gasteiger partial charge in [-0.3, -0.25) is 0 Å². The fourth-order valence-electron chi connectivity index (χ4n) is 1.54. The lowest BCUT2D eigenvalue weighted by Gasteiger charge is -2.22. The molecule has 0 amide bonds. The van der Waals surface area contributed by atoms with Crippen molar-refractivity contribution in [3.05, 3.63) is 0 Å². The van der Waals surface area contributed by atoms with Gasteiger partial charge in [-0.15, -0.1) is 0 Å². The van der Waals surface area contributed by atoms with Gasteiger partial charge < -0.3 is 14.2 Å². The van der Waals surface area contributed by atoms with E-state index >= 15 is 0 Å². The monoisotopic (exact) mass is 174 g/mol. The summed E-state index contributed by atoms with van der Waals surface area (Å²) in [6.45, 7) is 3.59. The van der Waals surface area contributed by atoms with Crippen LogP contribution in [0.2, 0.25) is 0 Å². The third kappa shape index (κ3) is 2.44. The Morgan fingerprint density at radius 1 is 1.50 bits per heavy atom. The Hall–Kier alpha value is -0.120. The van der Waals surface area contributed by atoms with E-state index in [4.69, 9.17) is 14.2 Å². The molecule has 1 saturated heterocycles. The van der Waals surface area contributed by atoms with Gasteiger partial charge in [0.05, 0.1) is 18.3 Å². The Balaban J connectivity index is 2.31. The Kier molecular flexibility index (Phi) is 3.50. The molecule has 1 aliphatic rings. The minimum absolute atomic E-state index is 0.0311. The summed E-state index contributed by atoms with van der Waals surface area (Å²) < 4.78 is 15.9. The van der Waals surface area contributed by atoms with Crippen molar-refractivity contribution in [3.8, 4) is 0 Å². The number of hydrogen-bond donors (Lipinski definition) is 0. The van der Waals surface area contributed by atoms with E-state index in [2.05, 4.69) is 6.92 Å². The lowest BCUT2D eigenvalue weighted by Crippen LogP contribution is -2.25. The van der Waals surface area contributed by atoms with Crippen LogP contribution in [-0.2, 0) is 14.2 Å². The van der Waals surface area contributed by atoms with Crippen LogP contribution < -0.4 is 0 Å². The van der Waals surface area contributed by atoms with Crippen LogP contribution in [0.25, 0.3) is 0 Å². The van der Waals surface area contributed by atoms with Crippen LogP contribution in [0.3, 0.4) is 0 Å². The first-order chi connectivity index (χ1) is 5.70. The maximum atomic E-state index is 5.64. The molecule has 2 atom stereocenters. The average molecular weight is 174 g/mol. The third-order valence-electron chi connectivity index (χ3n) is 2.45. The highest BCUT2D eigenvalue weighted by atomic mass is 16.6. The van der Waals surface area contributed by atoms with Crippen LogP contribution >= 0.6 is 0 Å². The molecule has 0 saturated carbocycles. The summed E-state index contributed by atoms with van der Waals surface area (Å²) in [5, 5.41) is 0. The number of methoxy groups -OCH3 is 2. The van der Waals surface area contributed by atoms with Crippen LogP contribution in [0.5, 0.6) is 0 Å². The number of ether oxygens (including phenoxy) is 3. The lowest BCUT2D eigenvalue weighted by atomic mass is 9.98. The van der Waals surface area contributed by atoms with Gasteiger partial charge in [0, 0.05) is 27.2 Å². The fourth-order valence-corrected chi connectivity index (χ4v) is 1.54. The largest absolute Gasteiger partial charge is 0.385 e. The summed E-state index contributed by atoms with van der Waals surface area (Å²) in [5.74, 6) is 0. The maximum absolute atomic E-state index is 5.64.